The molecule has 2 N–H and O–H groups in total. The molecule has 0 amide bonds. The molecule has 1 aliphatic rings. The highest BCUT2D eigenvalue weighted by molar-refractivity contribution is 7.90. The molecule has 0 unspecified atom stereocenters. The highest BCUT2D eigenvalue weighted by Crippen LogP contribution is 2.32. The molecule has 1 aromatic heterocycles. The van der Waals surface area contributed by atoms with Crippen LogP contribution in [0.3, 0.4) is 0 Å². The lowest BCUT2D eigenvalue weighted by atomic mass is 9.86. The highest BCUT2D eigenvalue weighted by atomic mass is 35.5. The van der Waals surface area contributed by atoms with Gasteiger partial charge in [0.05, 0.1) is 5.25 Å². The third-order valence-corrected chi connectivity index (χ3v) is 6.83. The monoisotopic (exact) mass is 382 g/mol. The largest absolute Gasteiger partial charge is 0.262 e. The van der Waals surface area contributed by atoms with Crippen LogP contribution < -0.4 is 4.72 Å². The Kier molecular flexibility index (Phi) is 5.46. The third-order valence-electron chi connectivity index (χ3n) is 4.67. The Morgan fingerprint density at radius 2 is 1.80 bits per heavy atom. The summed E-state index contributed by atoms with van der Waals surface area (Å²) in [5.74, 6) is 1.82. The van der Waals surface area contributed by atoms with Gasteiger partial charge in [-0.25, -0.2) is 18.1 Å². The number of hydrogen-bond acceptors (Lipinski definition) is 4. The summed E-state index contributed by atoms with van der Waals surface area (Å²) < 4.78 is 26.8. The maximum absolute atomic E-state index is 12.0. The topological polar surface area (TPSA) is 87.7 Å². The number of hydrogen-bond donors (Lipinski definition) is 2. The molecule has 1 aromatic carbocycles. The van der Waals surface area contributed by atoms with Crippen LogP contribution in [-0.2, 0) is 10.0 Å². The van der Waals surface area contributed by atoms with Crippen molar-refractivity contribution in [2.45, 2.75) is 56.7 Å². The summed E-state index contributed by atoms with van der Waals surface area (Å²) in [5.41, 5.74) is 0.922. The molecular formula is C17H23ClN4O2S. The smallest absolute Gasteiger partial charge is 0.214 e. The molecule has 25 heavy (non-hydrogen) atoms. The first kappa shape index (κ1) is 18.4. The molecule has 0 bridgehead atoms. The highest BCUT2D eigenvalue weighted by Gasteiger charge is 2.28. The Hall–Kier alpha value is -1.44. The van der Waals surface area contributed by atoms with Gasteiger partial charge in [-0.15, -0.1) is 0 Å². The van der Waals surface area contributed by atoms with E-state index in [1.807, 2.05) is 24.3 Å². The van der Waals surface area contributed by atoms with E-state index in [9.17, 15) is 8.42 Å². The summed E-state index contributed by atoms with van der Waals surface area (Å²) in [4.78, 5) is 4.61. The Bertz CT molecular complexity index is 809. The van der Waals surface area contributed by atoms with Gasteiger partial charge in [-0.2, -0.15) is 5.10 Å². The molecule has 8 heteroatoms. The van der Waals surface area contributed by atoms with Gasteiger partial charge in [0.15, 0.2) is 5.82 Å². The number of nitrogens with one attached hydrogen (secondary N) is 2. The van der Waals surface area contributed by atoms with Crippen LogP contribution in [-0.4, -0.2) is 34.9 Å². The van der Waals surface area contributed by atoms with E-state index in [2.05, 4.69) is 19.9 Å². The first-order valence-electron chi connectivity index (χ1n) is 8.54. The standard InChI is InChI=1S/C17H23ClN4O2S/c1-11(2)25(23,24)22-15-9-5-13(6-10-15)17-19-16(20-21-17)12-3-7-14(18)8-4-12/h3-4,7-8,11,13,15,22H,5-6,9-10H2,1-2H3,(H,19,20,21). The molecule has 6 nitrogen and oxygen atoms in total. The number of sulfonamides is 1. The van der Waals surface area contributed by atoms with Gasteiger partial charge >= 0.3 is 0 Å². The molecule has 0 atom stereocenters. The lowest BCUT2D eigenvalue weighted by molar-refractivity contribution is 0.365. The SMILES string of the molecule is CC(C)S(=O)(=O)NC1CCC(c2nc(-c3ccc(Cl)cc3)n[nH]2)CC1. The molecule has 1 saturated carbocycles. The molecule has 0 aliphatic heterocycles. The summed E-state index contributed by atoms with van der Waals surface area (Å²) in [6.07, 6.45) is 3.41. The van der Waals surface area contributed by atoms with Crippen molar-refractivity contribution in [3.05, 3.63) is 35.1 Å². The molecule has 1 fully saturated rings. The number of halogens is 1. The molecule has 1 aliphatic carbocycles. The van der Waals surface area contributed by atoms with E-state index in [-0.39, 0.29) is 12.0 Å². The van der Waals surface area contributed by atoms with Gasteiger partial charge < -0.3 is 0 Å². The van der Waals surface area contributed by atoms with Crippen molar-refractivity contribution in [1.82, 2.24) is 19.9 Å². The van der Waals surface area contributed by atoms with E-state index < -0.39 is 15.3 Å². The van der Waals surface area contributed by atoms with Gasteiger partial charge in [0.2, 0.25) is 10.0 Å². The summed E-state index contributed by atoms with van der Waals surface area (Å²) in [6.45, 7) is 3.39. The second-order valence-electron chi connectivity index (χ2n) is 6.81. The summed E-state index contributed by atoms with van der Waals surface area (Å²) in [7, 11) is -3.21. The molecule has 136 valence electrons. The molecular weight excluding hydrogens is 360 g/mol. The average molecular weight is 383 g/mol. The van der Waals surface area contributed by atoms with Crippen LogP contribution in [0, 0.1) is 0 Å². The Morgan fingerprint density at radius 3 is 2.40 bits per heavy atom. The van der Waals surface area contributed by atoms with Gasteiger partial charge in [0.1, 0.15) is 5.82 Å². The summed E-state index contributed by atoms with van der Waals surface area (Å²) in [5, 5.41) is 7.62. The Balaban J connectivity index is 1.61. The lowest BCUT2D eigenvalue weighted by Crippen LogP contribution is -2.40. The Morgan fingerprint density at radius 1 is 1.16 bits per heavy atom. The number of rotatable bonds is 5. The van der Waals surface area contributed by atoms with Crippen molar-refractivity contribution in [2.75, 3.05) is 0 Å². The van der Waals surface area contributed by atoms with E-state index in [4.69, 9.17) is 11.6 Å². The zero-order chi connectivity index (χ0) is 18.0. The minimum atomic E-state index is -3.21. The Labute approximate surface area is 153 Å². The van der Waals surface area contributed by atoms with E-state index >= 15 is 0 Å². The first-order valence-corrected chi connectivity index (χ1v) is 10.5. The van der Waals surface area contributed by atoms with Crippen molar-refractivity contribution in [1.29, 1.82) is 0 Å². The number of benzene rings is 1. The van der Waals surface area contributed by atoms with Crippen molar-refractivity contribution >= 4 is 21.6 Å². The second-order valence-corrected chi connectivity index (χ2v) is 9.52. The molecule has 3 rings (SSSR count). The van der Waals surface area contributed by atoms with Crippen LogP contribution in [0.15, 0.2) is 24.3 Å². The zero-order valence-electron chi connectivity index (χ0n) is 14.4. The van der Waals surface area contributed by atoms with Crippen molar-refractivity contribution in [3.63, 3.8) is 0 Å². The fraction of sp³-hybridized carbons (Fsp3) is 0.529. The third kappa shape index (κ3) is 4.40. The van der Waals surface area contributed by atoms with Gasteiger partial charge in [0.25, 0.3) is 0 Å². The van der Waals surface area contributed by atoms with Gasteiger partial charge in [-0.1, -0.05) is 11.6 Å². The number of nitrogens with zero attached hydrogens (tertiary/aromatic N) is 2. The molecule has 1 heterocycles. The number of H-pyrrole nitrogens is 1. The van der Waals surface area contributed by atoms with E-state index in [1.165, 1.54) is 0 Å². The van der Waals surface area contributed by atoms with Gasteiger partial charge in [-0.3, -0.25) is 5.10 Å². The first-order chi connectivity index (χ1) is 11.8. The molecule has 0 saturated heterocycles. The summed E-state index contributed by atoms with van der Waals surface area (Å²) >= 11 is 5.91. The summed E-state index contributed by atoms with van der Waals surface area (Å²) in [6, 6.07) is 7.44. The van der Waals surface area contributed by atoms with E-state index in [0.29, 0.717) is 10.8 Å². The molecule has 0 radical (unpaired) electrons. The van der Waals surface area contributed by atoms with Gasteiger partial charge in [0, 0.05) is 22.5 Å². The fourth-order valence-electron chi connectivity index (χ4n) is 3.04. The van der Waals surface area contributed by atoms with Crippen molar-refractivity contribution < 1.29 is 8.42 Å². The quantitative estimate of drug-likeness (QED) is 0.828. The maximum Gasteiger partial charge on any atom is 0.214 e. The fourth-order valence-corrected chi connectivity index (χ4v) is 4.14. The lowest BCUT2D eigenvalue weighted by Gasteiger charge is -2.28. The van der Waals surface area contributed by atoms with Crippen LogP contribution >= 0.6 is 11.6 Å². The minimum Gasteiger partial charge on any atom is -0.262 e. The average Bonchev–Trinajstić information content (AvgIpc) is 3.06. The van der Waals surface area contributed by atoms with Crippen LogP contribution in [0.1, 0.15) is 51.3 Å². The van der Waals surface area contributed by atoms with E-state index in [1.54, 1.807) is 13.8 Å². The van der Waals surface area contributed by atoms with Crippen LogP contribution in [0.4, 0.5) is 0 Å². The number of aromatic nitrogens is 3. The maximum atomic E-state index is 12.0. The number of aromatic amines is 1. The molecule has 2 aromatic rings. The van der Waals surface area contributed by atoms with Crippen molar-refractivity contribution in [3.8, 4) is 11.4 Å². The van der Waals surface area contributed by atoms with Crippen LogP contribution in [0.5, 0.6) is 0 Å². The minimum absolute atomic E-state index is 0.0160. The second kappa shape index (κ2) is 7.43. The van der Waals surface area contributed by atoms with Crippen LogP contribution in [0.2, 0.25) is 5.02 Å². The molecule has 0 spiro atoms. The normalized spacial score (nSPS) is 21.6. The van der Waals surface area contributed by atoms with Crippen LogP contribution in [0.25, 0.3) is 11.4 Å². The van der Waals surface area contributed by atoms with Crippen molar-refractivity contribution in [2.24, 2.45) is 0 Å². The zero-order valence-corrected chi connectivity index (χ0v) is 15.9. The van der Waals surface area contributed by atoms with E-state index in [0.717, 1.165) is 37.1 Å². The predicted molar refractivity (Wildman–Crippen MR) is 99.0 cm³/mol. The predicted octanol–water partition coefficient (Wildman–Crippen LogP) is 3.48. The van der Waals surface area contributed by atoms with Gasteiger partial charge in [-0.05, 0) is 63.8 Å².